The molecule has 31 heavy (non-hydrogen) atoms. The Morgan fingerprint density at radius 3 is 2.71 bits per heavy atom. The van der Waals surface area contributed by atoms with E-state index in [9.17, 15) is 14.4 Å². The second-order valence-electron chi connectivity index (χ2n) is 8.34. The predicted octanol–water partition coefficient (Wildman–Crippen LogP) is 1.87. The maximum atomic E-state index is 12.8. The maximum Gasteiger partial charge on any atom is 0.404 e. The summed E-state index contributed by atoms with van der Waals surface area (Å²) in [6.07, 6.45) is 2.31. The first-order valence-electron chi connectivity index (χ1n) is 10.7. The van der Waals surface area contributed by atoms with Crippen LogP contribution in [0.25, 0.3) is 0 Å². The Labute approximate surface area is 180 Å². The summed E-state index contributed by atoms with van der Waals surface area (Å²) in [5.41, 5.74) is 3.50. The number of hydrogen-bond acceptors (Lipinski definition) is 5. The minimum Gasteiger partial charge on any atom is -0.465 e. The van der Waals surface area contributed by atoms with Gasteiger partial charge in [0.25, 0.3) is 5.91 Å². The average Bonchev–Trinajstić information content (AvgIpc) is 3.33. The third kappa shape index (κ3) is 5.08. The van der Waals surface area contributed by atoms with E-state index in [-0.39, 0.29) is 30.0 Å². The summed E-state index contributed by atoms with van der Waals surface area (Å²) in [6.45, 7) is 1.14. The quantitative estimate of drug-likeness (QED) is 0.540. The summed E-state index contributed by atoms with van der Waals surface area (Å²) >= 11 is 0. The van der Waals surface area contributed by atoms with Gasteiger partial charge in [0.05, 0.1) is 12.1 Å². The monoisotopic (exact) mass is 432 g/mol. The second kappa shape index (κ2) is 9.52. The van der Waals surface area contributed by atoms with Gasteiger partial charge in [-0.05, 0) is 43.6 Å². The molecule has 3 N–H and O–H groups in total. The van der Waals surface area contributed by atoms with E-state index in [1.807, 2.05) is 30.3 Å². The highest BCUT2D eigenvalue weighted by molar-refractivity contribution is 5.88. The predicted molar refractivity (Wildman–Crippen MR) is 108 cm³/mol. The van der Waals surface area contributed by atoms with Crippen LogP contribution in [-0.2, 0) is 21.1 Å². The second-order valence-corrected chi connectivity index (χ2v) is 8.34. The largest absolute Gasteiger partial charge is 0.465 e. The van der Waals surface area contributed by atoms with Gasteiger partial charge >= 0.3 is 12.1 Å². The van der Waals surface area contributed by atoms with E-state index >= 15 is 0 Å². The van der Waals surface area contributed by atoms with Crippen molar-refractivity contribution in [2.24, 2.45) is 5.92 Å². The van der Waals surface area contributed by atoms with Gasteiger partial charge in [-0.15, -0.1) is 0 Å². The van der Waals surface area contributed by atoms with Crippen molar-refractivity contribution in [2.75, 3.05) is 13.1 Å². The van der Waals surface area contributed by atoms with Gasteiger partial charge < -0.3 is 15.3 Å². The Bertz CT molecular complexity index is 806. The van der Waals surface area contributed by atoms with E-state index in [4.69, 9.17) is 14.8 Å². The first-order valence-corrected chi connectivity index (χ1v) is 10.7. The number of hydrogen-bond donors (Lipinski definition) is 3. The van der Waals surface area contributed by atoms with Crippen LogP contribution < -0.4 is 10.8 Å². The highest BCUT2D eigenvalue weighted by atomic mass is 16.7. The molecule has 0 aromatic heterocycles. The number of amides is 4. The molecule has 1 saturated carbocycles. The maximum absolute atomic E-state index is 12.8. The van der Waals surface area contributed by atoms with Crippen LogP contribution in [0.4, 0.5) is 9.59 Å². The van der Waals surface area contributed by atoms with Gasteiger partial charge in [0.15, 0.2) is 0 Å². The lowest BCUT2D eigenvalue weighted by Gasteiger charge is -2.29. The van der Waals surface area contributed by atoms with E-state index in [2.05, 4.69) is 10.8 Å². The topological polar surface area (TPSA) is 120 Å². The molecule has 2 aliphatic heterocycles. The number of hydroxylamine groups is 3. The lowest BCUT2D eigenvalue weighted by molar-refractivity contribution is -0.144. The third-order valence-electron chi connectivity index (χ3n) is 6.20. The lowest BCUT2D eigenvalue weighted by atomic mass is 10.0. The van der Waals surface area contributed by atoms with E-state index in [0.717, 1.165) is 18.4 Å². The summed E-state index contributed by atoms with van der Waals surface area (Å²) in [6, 6.07) is 8.70. The molecule has 0 unspecified atom stereocenters. The number of benzene rings is 1. The molecule has 4 amide bonds. The molecule has 4 rings (SSSR count). The van der Waals surface area contributed by atoms with Crippen LogP contribution >= 0.6 is 0 Å². The minimum absolute atomic E-state index is 0.0569. The van der Waals surface area contributed by atoms with Gasteiger partial charge in [-0.2, -0.15) is 5.06 Å². The molecule has 0 spiro atoms. The summed E-state index contributed by atoms with van der Waals surface area (Å²) in [7, 11) is 0. The zero-order chi connectivity index (χ0) is 21.8. The number of nitrogens with zero attached hydrogens (tertiary/aromatic N) is 2. The zero-order valence-corrected chi connectivity index (χ0v) is 17.2. The molecule has 3 aliphatic rings. The first-order chi connectivity index (χ1) is 15.0. The molecule has 1 aliphatic carbocycles. The van der Waals surface area contributed by atoms with Gasteiger partial charge in [-0.3, -0.25) is 14.5 Å². The van der Waals surface area contributed by atoms with Gasteiger partial charge in [-0.1, -0.05) is 30.3 Å². The van der Waals surface area contributed by atoms with Gasteiger partial charge in [0.1, 0.15) is 12.6 Å². The van der Waals surface area contributed by atoms with Gasteiger partial charge in [0.2, 0.25) is 0 Å². The highest BCUT2D eigenvalue weighted by Gasteiger charge is 2.48. The van der Waals surface area contributed by atoms with E-state index < -0.39 is 12.1 Å². The molecule has 10 nitrogen and oxygen atoms in total. The number of rotatable bonds is 8. The average molecular weight is 432 g/mol. The molecule has 1 aromatic rings. The molecule has 3 fully saturated rings. The van der Waals surface area contributed by atoms with Crippen molar-refractivity contribution in [1.29, 1.82) is 0 Å². The van der Waals surface area contributed by atoms with Crippen LogP contribution in [0.5, 0.6) is 0 Å². The van der Waals surface area contributed by atoms with Crippen molar-refractivity contribution in [3.63, 3.8) is 0 Å². The van der Waals surface area contributed by atoms with Crippen LogP contribution in [0.2, 0.25) is 0 Å². The summed E-state index contributed by atoms with van der Waals surface area (Å²) in [5.74, 6) is -0.132. The first kappa shape index (κ1) is 21.4. The fourth-order valence-electron chi connectivity index (χ4n) is 4.55. The minimum atomic E-state index is -1.04. The SMILES string of the molecule is O=C(O)NC[C@H]1CC[C@H](ONC(=O)[C@@H]2CC[C@@H]3CN2C(=O)N3OCc2ccccc2)C1. The molecule has 2 saturated heterocycles. The van der Waals surface area contributed by atoms with Crippen molar-refractivity contribution in [1.82, 2.24) is 20.8 Å². The van der Waals surface area contributed by atoms with Crippen molar-refractivity contribution >= 4 is 18.0 Å². The van der Waals surface area contributed by atoms with Crippen molar-refractivity contribution in [2.45, 2.75) is 56.9 Å². The molecule has 2 heterocycles. The number of fused-ring (bicyclic) bond motifs is 2. The lowest BCUT2D eigenvalue weighted by Crippen LogP contribution is -2.50. The number of carbonyl (C=O) groups is 3. The molecule has 168 valence electrons. The van der Waals surface area contributed by atoms with Crippen LogP contribution in [0, 0.1) is 5.92 Å². The molecular weight excluding hydrogens is 404 g/mol. The number of carboxylic acid groups (broad SMARTS) is 1. The molecule has 10 heteroatoms. The smallest absolute Gasteiger partial charge is 0.404 e. The van der Waals surface area contributed by atoms with Crippen LogP contribution in [0.1, 0.15) is 37.7 Å². The molecule has 4 atom stereocenters. The standard InChI is InChI=1S/C21H28N4O6/c26-19(23-31-17-8-6-15(10-17)11-22-20(27)28)18-9-7-16-12-24(18)21(29)25(16)30-13-14-4-2-1-3-5-14/h1-5,15-18,22H,6-13H2,(H,23,26)(H,27,28)/t15-,16+,17-,18-/m0/s1. The summed E-state index contributed by atoms with van der Waals surface area (Å²) < 4.78 is 0. The van der Waals surface area contributed by atoms with Crippen molar-refractivity contribution in [3.8, 4) is 0 Å². The molecule has 1 aromatic carbocycles. The fraction of sp³-hybridized carbons (Fsp3) is 0.571. The highest BCUT2D eigenvalue weighted by Crippen LogP contribution is 2.31. The third-order valence-corrected chi connectivity index (χ3v) is 6.20. The van der Waals surface area contributed by atoms with Gasteiger partial charge in [0, 0.05) is 13.1 Å². The Hall–Kier alpha value is -2.85. The van der Waals surface area contributed by atoms with Crippen LogP contribution in [0.15, 0.2) is 30.3 Å². The Morgan fingerprint density at radius 1 is 1.13 bits per heavy atom. The Balaban J connectivity index is 1.24. The van der Waals surface area contributed by atoms with Gasteiger partial charge in [-0.25, -0.2) is 15.1 Å². The summed E-state index contributed by atoms with van der Waals surface area (Å²) in [5, 5.41) is 12.5. The fourth-order valence-corrected chi connectivity index (χ4v) is 4.55. The van der Waals surface area contributed by atoms with E-state index in [1.54, 1.807) is 4.90 Å². The number of nitrogens with one attached hydrogen (secondary N) is 2. The number of carbonyl (C=O) groups excluding carboxylic acids is 2. The van der Waals surface area contributed by atoms with Crippen LogP contribution in [0.3, 0.4) is 0 Å². The van der Waals surface area contributed by atoms with Crippen molar-refractivity contribution in [3.05, 3.63) is 35.9 Å². The number of piperidine rings is 1. The Kier molecular flexibility index (Phi) is 6.57. The number of urea groups is 1. The van der Waals surface area contributed by atoms with E-state index in [1.165, 1.54) is 5.06 Å². The Morgan fingerprint density at radius 2 is 1.94 bits per heavy atom. The zero-order valence-electron chi connectivity index (χ0n) is 17.2. The molecule has 0 radical (unpaired) electrons. The van der Waals surface area contributed by atoms with E-state index in [0.29, 0.717) is 39.0 Å². The molecular formula is C21H28N4O6. The normalized spacial score (nSPS) is 27.4. The van der Waals surface area contributed by atoms with Crippen LogP contribution in [-0.4, -0.2) is 64.4 Å². The van der Waals surface area contributed by atoms with Crippen molar-refractivity contribution < 1.29 is 29.2 Å². The summed E-state index contributed by atoms with van der Waals surface area (Å²) in [4.78, 5) is 49.0. The molecule has 2 bridgehead atoms.